The van der Waals surface area contributed by atoms with Gasteiger partial charge in [0.25, 0.3) is 0 Å². The Bertz CT molecular complexity index is 155. The van der Waals surface area contributed by atoms with Gasteiger partial charge in [-0.3, -0.25) is 5.32 Å². The van der Waals surface area contributed by atoms with E-state index in [4.69, 9.17) is 0 Å². The molecule has 1 aliphatic rings. The first-order valence-electron chi connectivity index (χ1n) is 3.30. The van der Waals surface area contributed by atoms with Crippen LogP contribution in [0.15, 0.2) is 11.6 Å². The quantitative estimate of drug-likeness (QED) is 0.481. The van der Waals surface area contributed by atoms with Crippen molar-refractivity contribution in [2.24, 2.45) is 0 Å². The SMILES string of the molecule is CNC1=C(F)CN[C@@H](C)N1. The number of rotatable bonds is 1. The van der Waals surface area contributed by atoms with E-state index in [0.717, 1.165) is 0 Å². The maximum Gasteiger partial charge on any atom is 0.154 e. The third-order valence-electron chi connectivity index (χ3n) is 1.45. The first kappa shape index (κ1) is 7.34. The van der Waals surface area contributed by atoms with Crippen LogP contribution in [0.1, 0.15) is 6.92 Å². The molecule has 4 heteroatoms. The van der Waals surface area contributed by atoms with Gasteiger partial charge in [0.05, 0.1) is 12.7 Å². The molecule has 1 heterocycles. The van der Waals surface area contributed by atoms with Crippen molar-refractivity contribution in [3.8, 4) is 0 Å². The molecule has 3 N–H and O–H groups in total. The summed E-state index contributed by atoms with van der Waals surface area (Å²) in [7, 11) is 1.69. The second-order valence-electron chi connectivity index (χ2n) is 2.28. The van der Waals surface area contributed by atoms with E-state index in [1.54, 1.807) is 7.05 Å². The molecule has 0 amide bonds. The van der Waals surface area contributed by atoms with Crippen LogP contribution in [0.5, 0.6) is 0 Å². The van der Waals surface area contributed by atoms with Gasteiger partial charge in [-0.1, -0.05) is 0 Å². The molecule has 0 unspecified atom stereocenters. The standard InChI is InChI=1S/C6H12FN3/c1-4-9-3-5(7)6(8-2)10-4/h4,8-10H,3H2,1-2H3/t4-/m1/s1. The average molecular weight is 145 g/mol. The molecule has 0 aliphatic carbocycles. The van der Waals surface area contributed by atoms with E-state index in [2.05, 4.69) is 16.0 Å². The molecule has 3 nitrogen and oxygen atoms in total. The molecule has 0 saturated carbocycles. The van der Waals surface area contributed by atoms with Crippen LogP contribution >= 0.6 is 0 Å². The lowest BCUT2D eigenvalue weighted by molar-refractivity contribution is 0.409. The summed E-state index contributed by atoms with van der Waals surface area (Å²) in [6.45, 7) is 2.24. The lowest BCUT2D eigenvalue weighted by Crippen LogP contribution is -2.47. The summed E-state index contributed by atoms with van der Waals surface area (Å²) in [6.07, 6.45) is 0.141. The van der Waals surface area contributed by atoms with Crippen LogP contribution in [0.2, 0.25) is 0 Å². The Morgan fingerprint density at radius 1 is 1.70 bits per heavy atom. The monoisotopic (exact) mass is 145 g/mol. The molecule has 58 valence electrons. The van der Waals surface area contributed by atoms with E-state index >= 15 is 0 Å². The molecule has 10 heavy (non-hydrogen) atoms. The van der Waals surface area contributed by atoms with Crippen LogP contribution in [0.4, 0.5) is 4.39 Å². The molecule has 0 fully saturated rings. The molecule has 0 aromatic rings. The molecule has 1 atom stereocenters. The normalized spacial score (nSPS) is 26.1. The van der Waals surface area contributed by atoms with E-state index in [1.807, 2.05) is 6.92 Å². The van der Waals surface area contributed by atoms with Crippen molar-refractivity contribution in [1.82, 2.24) is 16.0 Å². The van der Waals surface area contributed by atoms with Gasteiger partial charge in [-0.2, -0.15) is 0 Å². The smallest absolute Gasteiger partial charge is 0.154 e. The van der Waals surface area contributed by atoms with Gasteiger partial charge in [-0.05, 0) is 6.92 Å². The number of hydrogen-bond acceptors (Lipinski definition) is 3. The summed E-state index contributed by atoms with van der Waals surface area (Å²) in [5.74, 6) is 0.326. The van der Waals surface area contributed by atoms with Crippen molar-refractivity contribution in [3.05, 3.63) is 11.6 Å². The topological polar surface area (TPSA) is 36.1 Å². The van der Waals surface area contributed by atoms with Crippen LogP contribution < -0.4 is 16.0 Å². The Hall–Kier alpha value is -0.770. The minimum Gasteiger partial charge on any atom is -0.373 e. The maximum absolute atomic E-state index is 12.7. The van der Waals surface area contributed by atoms with E-state index in [9.17, 15) is 4.39 Å². The van der Waals surface area contributed by atoms with Gasteiger partial charge in [-0.15, -0.1) is 0 Å². The minimum absolute atomic E-state index is 0.141. The van der Waals surface area contributed by atoms with Gasteiger partial charge in [0.1, 0.15) is 5.82 Å². The van der Waals surface area contributed by atoms with Crippen molar-refractivity contribution >= 4 is 0 Å². The van der Waals surface area contributed by atoms with Crippen molar-refractivity contribution in [2.75, 3.05) is 13.6 Å². The minimum atomic E-state index is -0.166. The Labute approximate surface area is 59.7 Å². The van der Waals surface area contributed by atoms with Crippen molar-refractivity contribution < 1.29 is 4.39 Å². The van der Waals surface area contributed by atoms with Gasteiger partial charge >= 0.3 is 0 Å². The zero-order chi connectivity index (χ0) is 7.56. The summed E-state index contributed by atoms with van der Waals surface area (Å²) in [5.41, 5.74) is 0. The lowest BCUT2D eigenvalue weighted by Gasteiger charge is -2.24. The fourth-order valence-corrected chi connectivity index (χ4v) is 0.885. The fourth-order valence-electron chi connectivity index (χ4n) is 0.885. The van der Waals surface area contributed by atoms with Crippen molar-refractivity contribution in [1.29, 1.82) is 0 Å². The molecule has 0 radical (unpaired) electrons. The molecule has 1 aliphatic heterocycles. The fraction of sp³-hybridized carbons (Fsp3) is 0.667. The highest BCUT2D eigenvalue weighted by Gasteiger charge is 2.13. The molecular weight excluding hydrogens is 133 g/mol. The van der Waals surface area contributed by atoms with E-state index < -0.39 is 0 Å². The Morgan fingerprint density at radius 2 is 2.40 bits per heavy atom. The van der Waals surface area contributed by atoms with E-state index in [0.29, 0.717) is 12.4 Å². The van der Waals surface area contributed by atoms with Gasteiger partial charge in [0, 0.05) is 7.05 Å². The second-order valence-corrected chi connectivity index (χ2v) is 2.28. The van der Waals surface area contributed by atoms with Crippen LogP contribution in [0, 0.1) is 0 Å². The van der Waals surface area contributed by atoms with E-state index in [1.165, 1.54) is 0 Å². The van der Waals surface area contributed by atoms with Gasteiger partial charge in [0.15, 0.2) is 5.83 Å². The molecule has 0 spiro atoms. The van der Waals surface area contributed by atoms with Crippen LogP contribution in [0.25, 0.3) is 0 Å². The molecule has 0 aromatic heterocycles. The van der Waals surface area contributed by atoms with Crippen molar-refractivity contribution in [3.63, 3.8) is 0 Å². The summed E-state index contributed by atoms with van der Waals surface area (Å²) in [5, 5.41) is 8.55. The average Bonchev–Trinajstić information content (AvgIpc) is 1.94. The predicted octanol–water partition coefficient (Wildman–Crippen LogP) is -0.117. The van der Waals surface area contributed by atoms with Gasteiger partial charge in [-0.25, -0.2) is 4.39 Å². The summed E-state index contributed by atoms with van der Waals surface area (Å²) >= 11 is 0. The third-order valence-corrected chi connectivity index (χ3v) is 1.45. The van der Waals surface area contributed by atoms with Crippen molar-refractivity contribution in [2.45, 2.75) is 13.1 Å². The Morgan fingerprint density at radius 3 is 2.90 bits per heavy atom. The summed E-state index contributed by atoms with van der Waals surface area (Å²) < 4.78 is 12.7. The van der Waals surface area contributed by atoms with Crippen LogP contribution in [-0.2, 0) is 0 Å². The first-order valence-corrected chi connectivity index (χ1v) is 3.30. The highest BCUT2D eigenvalue weighted by molar-refractivity contribution is 5.09. The van der Waals surface area contributed by atoms with Crippen LogP contribution in [-0.4, -0.2) is 19.8 Å². The zero-order valence-electron chi connectivity index (χ0n) is 6.16. The van der Waals surface area contributed by atoms with Gasteiger partial charge in [0.2, 0.25) is 0 Å². The molecule has 0 saturated heterocycles. The Balaban J connectivity index is 2.62. The maximum atomic E-state index is 12.7. The summed E-state index contributed by atoms with van der Waals surface area (Å²) in [4.78, 5) is 0. The largest absolute Gasteiger partial charge is 0.373 e. The molecule has 0 aromatic carbocycles. The number of hydrogen-bond donors (Lipinski definition) is 3. The lowest BCUT2D eigenvalue weighted by atomic mass is 10.3. The third kappa shape index (κ3) is 1.39. The zero-order valence-corrected chi connectivity index (χ0v) is 6.16. The summed E-state index contributed by atoms with van der Waals surface area (Å²) in [6, 6.07) is 0. The highest BCUT2D eigenvalue weighted by Crippen LogP contribution is 2.03. The molecule has 1 rings (SSSR count). The highest BCUT2D eigenvalue weighted by atomic mass is 19.1. The van der Waals surface area contributed by atoms with Crippen LogP contribution in [0.3, 0.4) is 0 Å². The number of nitrogens with one attached hydrogen (secondary N) is 3. The molecular formula is C6H12FN3. The van der Waals surface area contributed by atoms with E-state index in [-0.39, 0.29) is 12.0 Å². The molecule has 0 bridgehead atoms. The predicted molar refractivity (Wildman–Crippen MR) is 37.8 cm³/mol. The van der Waals surface area contributed by atoms with Gasteiger partial charge < -0.3 is 10.6 Å². The second kappa shape index (κ2) is 2.88. The Kier molecular flexibility index (Phi) is 2.11. The number of halogens is 1. The first-order chi connectivity index (χ1) is 4.74.